The molecule has 160 valence electrons. The fourth-order valence-electron chi connectivity index (χ4n) is 3.20. The first-order chi connectivity index (χ1) is 14.6. The van der Waals surface area contributed by atoms with E-state index in [0.717, 1.165) is 29.9 Å². The van der Waals surface area contributed by atoms with Gasteiger partial charge < -0.3 is 14.8 Å². The molecule has 0 radical (unpaired) electrons. The summed E-state index contributed by atoms with van der Waals surface area (Å²) in [5, 5.41) is 8.60. The van der Waals surface area contributed by atoms with Crippen molar-refractivity contribution in [1.29, 1.82) is 0 Å². The molecular formula is C22H28N4O3S. The topological polar surface area (TPSA) is 78.3 Å². The molecule has 1 unspecified atom stereocenters. The van der Waals surface area contributed by atoms with Crippen LogP contribution in [0, 0.1) is 0 Å². The molecule has 8 heteroatoms. The van der Waals surface area contributed by atoms with E-state index in [4.69, 9.17) is 14.6 Å². The van der Waals surface area contributed by atoms with Gasteiger partial charge in [-0.15, -0.1) is 5.10 Å². The number of carbonyl (C=O) groups excluding carboxylic acids is 1. The number of thioether (sulfide) groups is 1. The predicted molar refractivity (Wildman–Crippen MR) is 119 cm³/mol. The summed E-state index contributed by atoms with van der Waals surface area (Å²) in [6.07, 6.45) is 3.77. The first-order valence-corrected chi connectivity index (χ1v) is 11.2. The zero-order chi connectivity index (χ0) is 21.5. The van der Waals surface area contributed by atoms with E-state index in [-0.39, 0.29) is 6.61 Å². The van der Waals surface area contributed by atoms with E-state index >= 15 is 0 Å². The quantitative estimate of drug-likeness (QED) is 0.257. The monoisotopic (exact) mass is 428 g/mol. The number of esters is 1. The molecule has 7 nitrogen and oxygen atoms in total. The molecule has 1 aliphatic heterocycles. The van der Waals surface area contributed by atoms with Crippen LogP contribution in [-0.2, 0) is 9.53 Å². The second-order valence-corrected chi connectivity index (χ2v) is 7.88. The molecule has 1 aromatic heterocycles. The highest BCUT2D eigenvalue weighted by molar-refractivity contribution is 7.99. The van der Waals surface area contributed by atoms with Gasteiger partial charge in [-0.1, -0.05) is 49.9 Å². The number of ether oxygens (including phenoxy) is 2. The molecule has 2 heterocycles. The predicted octanol–water partition coefficient (Wildman–Crippen LogP) is 4.59. The molecule has 1 aromatic carbocycles. The minimum absolute atomic E-state index is 0.147. The normalized spacial score (nSPS) is 15.4. The van der Waals surface area contributed by atoms with Crippen molar-refractivity contribution in [2.24, 2.45) is 0 Å². The van der Waals surface area contributed by atoms with Crippen LogP contribution in [-0.4, -0.2) is 39.7 Å². The largest absolute Gasteiger partial charge is 0.494 e. The van der Waals surface area contributed by atoms with Crippen LogP contribution >= 0.6 is 11.8 Å². The van der Waals surface area contributed by atoms with Gasteiger partial charge in [0.15, 0.2) is 0 Å². The summed E-state index contributed by atoms with van der Waals surface area (Å²) >= 11 is 1.62. The number of allylic oxidation sites excluding steroid dienone is 1. The number of rotatable bonds is 10. The molecule has 1 atom stereocenters. The Balaban J connectivity index is 2.00. The number of anilines is 1. The van der Waals surface area contributed by atoms with E-state index in [1.807, 2.05) is 38.1 Å². The van der Waals surface area contributed by atoms with Gasteiger partial charge in [-0.25, -0.2) is 9.48 Å². The Labute approximate surface area is 181 Å². The lowest BCUT2D eigenvalue weighted by atomic mass is 9.96. The van der Waals surface area contributed by atoms with Crippen LogP contribution < -0.4 is 10.1 Å². The number of carbonyl (C=O) groups is 1. The van der Waals surface area contributed by atoms with E-state index in [9.17, 15) is 4.79 Å². The second kappa shape index (κ2) is 10.3. The number of hydrogen-bond donors (Lipinski definition) is 1. The van der Waals surface area contributed by atoms with E-state index in [2.05, 4.69) is 23.8 Å². The third kappa shape index (κ3) is 4.87. The second-order valence-electron chi connectivity index (χ2n) is 6.82. The third-order valence-electron chi connectivity index (χ3n) is 4.62. The molecule has 0 spiro atoms. The zero-order valence-corrected chi connectivity index (χ0v) is 18.5. The van der Waals surface area contributed by atoms with Crippen LogP contribution in [0.5, 0.6) is 5.75 Å². The molecule has 0 aliphatic carbocycles. The smallest absolute Gasteiger partial charge is 0.338 e. The number of aromatic nitrogens is 3. The Hall–Kier alpha value is -2.74. The first kappa shape index (κ1) is 22.0. The van der Waals surface area contributed by atoms with Crippen LogP contribution in [0.1, 0.15) is 45.2 Å². The van der Waals surface area contributed by atoms with Crippen molar-refractivity contribution in [3.05, 3.63) is 53.8 Å². The lowest BCUT2D eigenvalue weighted by Gasteiger charge is -2.28. The van der Waals surface area contributed by atoms with Crippen molar-refractivity contribution in [3.63, 3.8) is 0 Å². The highest BCUT2D eigenvalue weighted by Gasteiger charge is 2.35. The van der Waals surface area contributed by atoms with Gasteiger partial charge >= 0.3 is 5.97 Å². The molecule has 2 aromatic rings. The van der Waals surface area contributed by atoms with Crippen LogP contribution in [0.4, 0.5) is 5.95 Å². The molecule has 30 heavy (non-hydrogen) atoms. The molecule has 1 aliphatic rings. The number of hydrogen-bond acceptors (Lipinski definition) is 7. The number of fused-ring (bicyclic) bond motifs is 1. The van der Waals surface area contributed by atoms with E-state index < -0.39 is 12.0 Å². The fourth-order valence-corrected chi connectivity index (χ4v) is 4.11. The highest BCUT2D eigenvalue weighted by atomic mass is 32.2. The van der Waals surface area contributed by atoms with Crippen LogP contribution in [0.25, 0.3) is 0 Å². The number of benzene rings is 1. The maximum absolute atomic E-state index is 12.9. The summed E-state index contributed by atoms with van der Waals surface area (Å²) in [6.45, 7) is 10.3. The van der Waals surface area contributed by atoms with Crippen molar-refractivity contribution < 1.29 is 14.3 Å². The van der Waals surface area contributed by atoms with Gasteiger partial charge in [0.05, 0.1) is 12.2 Å². The van der Waals surface area contributed by atoms with E-state index in [1.54, 1.807) is 22.5 Å². The highest BCUT2D eigenvalue weighted by Crippen LogP contribution is 2.37. The molecule has 3 rings (SSSR count). The van der Waals surface area contributed by atoms with Gasteiger partial charge in [0.25, 0.3) is 0 Å². The van der Waals surface area contributed by atoms with Crippen LogP contribution in [0.15, 0.2) is 53.3 Å². The summed E-state index contributed by atoms with van der Waals surface area (Å²) in [7, 11) is 0. The van der Waals surface area contributed by atoms with Crippen LogP contribution in [0.3, 0.4) is 0 Å². The molecule has 0 bridgehead atoms. The number of unbranched alkanes of at least 4 members (excludes halogenated alkanes) is 1. The van der Waals surface area contributed by atoms with Gasteiger partial charge in [0.1, 0.15) is 18.4 Å². The Morgan fingerprint density at radius 3 is 2.77 bits per heavy atom. The van der Waals surface area contributed by atoms with Crippen molar-refractivity contribution in [3.8, 4) is 5.75 Å². The standard InChI is InChI=1S/C22H28N4O3S/c1-5-8-14-30-22-24-21-23-15(4)18(20(27)29-13-6-2)19(26(21)25-22)16-9-11-17(12-10-16)28-7-3/h6,9-12,19H,2,5,7-8,13-14H2,1,3-4H3,(H,23,24,25). The minimum atomic E-state index is -0.442. The SMILES string of the molecule is C=CCOC(=O)C1=C(C)Nc2nc(SCCCC)nn2C1c1ccc(OCC)cc1. The zero-order valence-electron chi connectivity index (χ0n) is 17.7. The van der Waals surface area contributed by atoms with Crippen molar-refractivity contribution in [1.82, 2.24) is 14.8 Å². The molecule has 0 amide bonds. The summed E-state index contributed by atoms with van der Waals surface area (Å²) in [4.78, 5) is 17.5. The molecular weight excluding hydrogens is 400 g/mol. The lowest BCUT2D eigenvalue weighted by molar-refractivity contribution is -0.138. The Bertz CT molecular complexity index is 921. The Morgan fingerprint density at radius 1 is 1.33 bits per heavy atom. The van der Waals surface area contributed by atoms with Gasteiger partial charge in [-0.05, 0) is 38.0 Å². The summed E-state index contributed by atoms with van der Waals surface area (Å²) in [6, 6.07) is 7.25. The fraction of sp³-hybridized carbons (Fsp3) is 0.409. The maximum Gasteiger partial charge on any atom is 0.338 e. The van der Waals surface area contributed by atoms with Crippen LogP contribution in [0.2, 0.25) is 0 Å². The Morgan fingerprint density at radius 2 is 2.10 bits per heavy atom. The van der Waals surface area contributed by atoms with Gasteiger partial charge in [0, 0.05) is 11.4 Å². The average molecular weight is 429 g/mol. The number of nitrogens with one attached hydrogen (secondary N) is 1. The van der Waals surface area contributed by atoms with Gasteiger partial charge in [-0.2, -0.15) is 4.98 Å². The molecule has 0 fully saturated rings. The van der Waals surface area contributed by atoms with Gasteiger partial charge in [-0.3, -0.25) is 0 Å². The lowest BCUT2D eigenvalue weighted by Crippen LogP contribution is -2.29. The van der Waals surface area contributed by atoms with E-state index in [0.29, 0.717) is 29.0 Å². The Kier molecular flexibility index (Phi) is 7.57. The molecule has 1 N–H and O–H groups in total. The maximum atomic E-state index is 12.9. The van der Waals surface area contributed by atoms with Crippen molar-refractivity contribution in [2.75, 3.05) is 24.3 Å². The number of nitrogens with zero attached hydrogens (tertiary/aromatic N) is 3. The first-order valence-electron chi connectivity index (χ1n) is 10.2. The van der Waals surface area contributed by atoms with Crippen molar-refractivity contribution in [2.45, 2.75) is 44.8 Å². The molecule has 0 saturated heterocycles. The van der Waals surface area contributed by atoms with E-state index in [1.165, 1.54) is 0 Å². The summed E-state index contributed by atoms with van der Waals surface area (Å²) in [5.74, 6) is 1.95. The summed E-state index contributed by atoms with van der Waals surface area (Å²) < 4.78 is 12.7. The minimum Gasteiger partial charge on any atom is -0.494 e. The average Bonchev–Trinajstić information content (AvgIpc) is 3.14. The van der Waals surface area contributed by atoms with Crippen molar-refractivity contribution >= 4 is 23.7 Å². The summed E-state index contributed by atoms with van der Waals surface area (Å²) in [5.41, 5.74) is 2.11. The molecule has 0 saturated carbocycles. The third-order valence-corrected chi connectivity index (χ3v) is 5.55. The van der Waals surface area contributed by atoms with Gasteiger partial charge in [0.2, 0.25) is 11.1 Å².